The van der Waals surface area contributed by atoms with Crippen LogP contribution in [0.15, 0.2) is 65.5 Å². The lowest BCUT2D eigenvalue weighted by molar-refractivity contribution is -0.135. The summed E-state index contributed by atoms with van der Waals surface area (Å²) in [6.07, 6.45) is 0. The highest BCUT2D eigenvalue weighted by Gasteiger charge is 2.22. The number of carbonyl (C=O) groups excluding carboxylic acids is 1. The van der Waals surface area contributed by atoms with Gasteiger partial charge in [-0.2, -0.15) is 0 Å². The van der Waals surface area contributed by atoms with Gasteiger partial charge in [0.05, 0.1) is 5.52 Å². The molecule has 0 spiro atoms. The van der Waals surface area contributed by atoms with Crippen LogP contribution < -0.4 is 10.3 Å². The molecule has 0 N–H and O–H groups in total. The van der Waals surface area contributed by atoms with Crippen molar-refractivity contribution in [1.82, 2.24) is 14.4 Å². The molecular formula is C24H27N3O3. The molecule has 30 heavy (non-hydrogen) atoms. The fraction of sp³-hybridized carbons (Fsp3) is 0.333. The third-order valence-corrected chi connectivity index (χ3v) is 5.62. The van der Waals surface area contributed by atoms with Gasteiger partial charge in [0.2, 0.25) is 0 Å². The summed E-state index contributed by atoms with van der Waals surface area (Å²) in [7, 11) is 0. The van der Waals surface area contributed by atoms with Gasteiger partial charge in [0, 0.05) is 50.7 Å². The van der Waals surface area contributed by atoms with Crippen LogP contribution in [0, 0.1) is 0 Å². The van der Waals surface area contributed by atoms with Gasteiger partial charge in [-0.15, -0.1) is 0 Å². The average molecular weight is 405 g/mol. The second-order valence-corrected chi connectivity index (χ2v) is 7.54. The molecule has 0 atom stereocenters. The van der Waals surface area contributed by atoms with E-state index in [0.717, 1.165) is 30.5 Å². The van der Waals surface area contributed by atoms with Gasteiger partial charge < -0.3 is 14.2 Å². The Bertz CT molecular complexity index is 1070. The third-order valence-electron chi connectivity index (χ3n) is 5.62. The molecule has 1 aliphatic heterocycles. The first-order valence-electron chi connectivity index (χ1n) is 10.4. The molecule has 2 aromatic carbocycles. The standard InChI is InChI=1S/C24H27N3O3/c1-2-27-21-11-7-6-10-20(21)22(16-23(27)28)30-18-24(29)26-14-12-25(13-15-26)17-19-8-4-3-5-9-19/h3-11,16H,2,12-15,17-18H2,1H3. The number of hydrogen-bond donors (Lipinski definition) is 0. The number of aromatic nitrogens is 1. The number of amides is 1. The van der Waals surface area contributed by atoms with Gasteiger partial charge in [-0.1, -0.05) is 42.5 Å². The molecule has 1 amide bonds. The van der Waals surface area contributed by atoms with E-state index in [1.807, 2.05) is 42.2 Å². The number of hydrogen-bond acceptors (Lipinski definition) is 4. The first kappa shape index (κ1) is 20.2. The molecule has 3 aromatic rings. The van der Waals surface area contributed by atoms with Crippen LogP contribution >= 0.6 is 0 Å². The molecule has 4 rings (SSSR count). The van der Waals surface area contributed by atoms with Crippen LogP contribution in [0.25, 0.3) is 10.9 Å². The zero-order valence-electron chi connectivity index (χ0n) is 17.3. The van der Waals surface area contributed by atoms with Crippen LogP contribution in [0.3, 0.4) is 0 Å². The minimum absolute atomic E-state index is 0.0434. The maximum Gasteiger partial charge on any atom is 0.260 e. The number of aryl methyl sites for hydroxylation is 1. The summed E-state index contributed by atoms with van der Waals surface area (Å²) in [5.74, 6) is 0.425. The highest BCUT2D eigenvalue weighted by Crippen LogP contribution is 2.23. The molecule has 6 heteroatoms. The van der Waals surface area contributed by atoms with Gasteiger partial charge in [0.15, 0.2) is 6.61 Å². The third kappa shape index (κ3) is 4.39. The number of ether oxygens (including phenoxy) is 1. The molecule has 1 fully saturated rings. The van der Waals surface area contributed by atoms with Crippen LogP contribution in [-0.4, -0.2) is 53.1 Å². The Hall–Kier alpha value is -3.12. The van der Waals surface area contributed by atoms with E-state index >= 15 is 0 Å². The first-order chi connectivity index (χ1) is 14.7. The van der Waals surface area contributed by atoms with E-state index in [1.54, 1.807) is 4.57 Å². The number of benzene rings is 2. The Labute approximate surface area is 176 Å². The number of nitrogens with zero attached hydrogens (tertiary/aromatic N) is 3. The minimum Gasteiger partial charge on any atom is -0.483 e. The van der Waals surface area contributed by atoms with Gasteiger partial charge in [-0.05, 0) is 24.6 Å². The summed E-state index contributed by atoms with van der Waals surface area (Å²) in [5.41, 5.74) is 1.99. The van der Waals surface area contributed by atoms with Gasteiger partial charge in [0.25, 0.3) is 11.5 Å². The van der Waals surface area contributed by atoms with Crippen molar-refractivity contribution in [2.45, 2.75) is 20.0 Å². The van der Waals surface area contributed by atoms with Crippen LogP contribution in [-0.2, 0) is 17.9 Å². The highest BCUT2D eigenvalue weighted by atomic mass is 16.5. The van der Waals surface area contributed by atoms with Gasteiger partial charge in [0.1, 0.15) is 5.75 Å². The van der Waals surface area contributed by atoms with Crippen molar-refractivity contribution in [2.24, 2.45) is 0 Å². The highest BCUT2D eigenvalue weighted by molar-refractivity contribution is 5.86. The molecule has 1 aromatic heterocycles. The lowest BCUT2D eigenvalue weighted by Crippen LogP contribution is -2.49. The van der Waals surface area contributed by atoms with Gasteiger partial charge in [-0.25, -0.2) is 0 Å². The lowest BCUT2D eigenvalue weighted by Gasteiger charge is -2.34. The van der Waals surface area contributed by atoms with E-state index in [2.05, 4.69) is 29.2 Å². The van der Waals surface area contributed by atoms with Crippen molar-refractivity contribution < 1.29 is 9.53 Å². The van der Waals surface area contributed by atoms with Crippen molar-refractivity contribution in [3.8, 4) is 5.75 Å². The maximum absolute atomic E-state index is 12.7. The summed E-state index contributed by atoms with van der Waals surface area (Å²) in [4.78, 5) is 29.3. The van der Waals surface area contributed by atoms with Crippen molar-refractivity contribution >= 4 is 16.8 Å². The van der Waals surface area contributed by atoms with E-state index in [1.165, 1.54) is 11.6 Å². The molecule has 0 radical (unpaired) electrons. The van der Waals surface area contributed by atoms with Crippen molar-refractivity contribution in [1.29, 1.82) is 0 Å². The maximum atomic E-state index is 12.7. The number of carbonyl (C=O) groups is 1. The lowest BCUT2D eigenvalue weighted by atomic mass is 10.2. The predicted octanol–water partition coefficient (Wildman–Crippen LogP) is 2.74. The quantitative estimate of drug-likeness (QED) is 0.633. The molecular weight excluding hydrogens is 378 g/mol. The van der Waals surface area contributed by atoms with Crippen molar-refractivity contribution in [2.75, 3.05) is 32.8 Å². The van der Waals surface area contributed by atoms with E-state index in [4.69, 9.17) is 4.74 Å². The zero-order chi connectivity index (χ0) is 20.9. The van der Waals surface area contributed by atoms with E-state index in [-0.39, 0.29) is 18.1 Å². The average Bonchev–Trinajstić information content (AvgIpc) is 2.78. The smallest absolute Gasteiger partial charge is 0.260 e. The summed E-state index contributed by atoms with van der Waals surface area (Å²) in [6.45, 7) is 6.44. The summed E-state index contributed by atoms with van der Waals surface area (Å²) in [6, 6.07) is 19.5. The summed E-state index contributed by atoms with van der Waals surface area (Å²) < 4.78 is 7.52. The van der Waals surface area contributed by atoms with Gasteiger partial charge in [-0.3, -0.25) is 14.5 Å². The molecule has 0 bridgehead atoms. The fourth-order valence-corrected chi connectivity index (χ4v) is 3.98. The fourth-order valence-electron chi connectivity index (χ4n) is 3.98. The monoisotopic (exact) mass is 405 g/mol. The number of piperazine rings is 1. The van der Waals surface area contributed by atoms with Crippen LogP contribution in [0.5, 0.6) is 5.75 Å². The predicted molar refractivity (Wildman–Crippen MR) is 118 cm³/mol. The van der Waals surface area contributed by atoms with Crippen LogP contribution in [0.1, 0.15) is 12.5 Å². The van der Waals surface area contributed by atoms with Crippen LogP contribution in [0.4, 0.5) is 0 Å². The Morgan fingerprint density at radius 3 is 2.40 bits per heavy atom. The van der Waals surface area contributed by atoms with Gasteiger partial charge >= 0.3 is 0 Å². The molecule has 0 saturated carbocycles. The number of fused-ring (bicyclic) bond motifs is 1. The topological polar surface area (TPSA) is 54.8 Å². The second-order valence-electron chi connectivity index (χ2n) is 7.54. The molecule has 0 aliphatic carbocycles. The Balaban J connectivity index is 1.36. The van der Waals surface area contributed by atoms with Crippen molar-refractivity contribution in [3.05, 3.63) is 76.6 Å². The van der Waals surface area contributed by atoms with Crippen molar-refractivity contribution in [3.63, 3.8) is 0 Å². The summed E-state index contributed by atoms with van der Waals surface area (Å²) in [5, 5.41) is 0.847. The molecule has 6 nitrogen and oxygen atoms in total. The number of pyridine rings is 1. The minimum atomic E-state index is -0.117. The Kier molecular flexibility index (Phi) is 6.14. The van der Waals surface area contributed by atoms with E-state index < -0.39 is 0 Å². The van der Waals surface area contributed by atoms with Crippen LogP contribution in [0.2, 0.25) is 0 Å². The largest absolute Gasteiger partial charge is 0.483 e. The zero-order valence-corrected chi connectivity index (χ0v) is 17.3. The molecule has 1 saturated heterocycles. The SMILES string of the molecule is CCn1c(=O)cc(OCC(=O)N2CCN(Cc3ccccc3)CC2)c2ccccc21. The summed E-state index contributed by atoms with van der Waals surface area (Å²) >= 11 is 0. The molecule has 0 unspecified atom stereocenters. The van der Waals surface area contributed by atoms with E-state index in [0.29, 0.717) is 25.4 Å². The molecule has 2 heterocycles. The second kappa shape index (κ2) is 9.13. The van der Waals surface area contributed by atoms with E-state index in [9.17, 15) is 9.59 Å². The Morgan fingerprint density at radius 2 is 1.67 bits per heavy atom. The molecule has 156 valence electrons. The number of para-hydroxylation sites is 1. The number of rotatable bonds is 6. The first-order valence-corrected chi connectivity index (χ1v) is 10.4. The molecule has 1 aliphatic rings. The Morgan fingerprint density at radius 1 is 0.967 bits per heavy atom. The normalized spacial score (nSPS) is 14.8.